The molecule has 1 aliphatic heterocycles. The molecule has 17 heavy (non-hydrogen) atoms. The second-order valence-corrected chi connectivity index (χ2v) is 3.72. The Labute approximate surface area is 97.5 Å². The zero-order valence-corrected chi connectivity index (χ0v) is 9.25. The van der Waals surface area contributed by atoms with Crippen LogP contribution in [0, 0.1) is 11.6 Å². The number of nitrogens with one attached hydrogen (secondary N) is 1. The lowest BCUT2D eigenvalue weighted by atomic mass is 10.3. The first-order valence-electron chi connectivity index (χ1n) is 5.37. The minimum absolute atomic E-state index is 0.102. The molecule has 3 N–H and O–H groups in total. The second-order valence-electron chi connectivity index (χ2n) is 3.72. The topological polar surface area (TPSA) is 63.4 Å². The molecular formula is C10H14F2N4O. The molecule has 0 bridgehead atoms. The minimum Gasteiger partial charge on any atom is -0.380 e. The molecule has 0 aromatic carbocycles. The Kier molecular flexibility index (Phi) is 3.70. The Morgan fingerprint density at radius 1 is 1.29 bits per heavy atom. The van der Waals surface area contributed by atoms with Crippen LogP contribution in [0.2, 0.25) is 0 Å². The van der Waals surface area contributed by atoms with Crippen LogP contribution in [-0.4, -0.2) is 31.3 Å². The molecule has 1 fully saturated rings. The van der Waals surface area contributed by atoms with E-state index >= 15 is 0 Å². The Morgan fingerprint density at radius 3 is 2.88 bits per heavy atom. The maximum absolute atomic E-state index is 13.6. The molecule has 1 aliphatic rings. The number of nitrogens with zero attached hydrogens (tertiary/aromatic N) is 2. The van der Waals surface area contributed by atoms with Crippen LogP contribution in [0.15, 0.2) is 6.07 Å². The van der Waals surface area contributed by atoms with Crippen LogP contribution in [-0.2, 0) is 4.74 Å². The number of hydrogen-bond donors (Lipinski definition) is 2. The number of anilines is 2. The Morgan fingerprint density at radius 2 is 2.12 bits per heavy atom. The quantitative estimate of drug-likeness (QED) is 0.597. The zero-order chi connectivity index (χ0) is 12.3. The van der Waals surface area contributed by atoms with Crippen LogP contribution in [0.4, 0.5) is 20.4 Å². The summed E-state index contributed by atoms with van der Waals surface area (Å²) in [4.78, 5) is 5.56. The van der Waals surface area contributed by atoms with E-state index in [1.807, 2.05) is 0 Å². The van der Waals surface area contributed by atoms with Crippen molar-refractivity contribution in [1.29, 1.82) is 0 Å². The third-order valence-electron chi connectivity index (χ3n) is 2.57. The van der Waals surface area contributed by atoms with Gasteiger partial charge in [0, 0.05) is 25.8 Å². The highest BCUT2D eigenvalue weighted by Gasteiger charge is 2.18. The molecule has 5 nitrogen and oxygen atoms in total. The van der Waals surface area contributed by atoms with Crippen molar-refractivity contribution in [3.05, 3.63) is 17.7 Å². The molecule has 1 aromatic rings. The van der Waals surface area contributed by atoms with Crippen molar-refractivity contribution >= 4 is 11.6 Å². The van der Waals surface area contributed by atoms with Gasteiger partial charge in [-0.2, -0.15) is 0 Å². The summed E-state index contributed by atoms with van der Waals surface area (Å²) in [6.45, 7) is 2.30. The zero-order valence-electron chi connectivity index (χ0n) is 9.25. The van der Waals surface area contributed by atoms with E-state index in [1.165, 1.54) is 0 Å². The molecule has 0 amide bonds. The SMILES string of the molecule is NNc1nc(N2CCCOCC2)c(F)cc1F. The molecule has 0 aliphatic carbocycles. The molecule has 1 saturated heterocycles. The van der Waals surface area contributed by atoms with Gasteiger partial charge in [0.05, 0.1) is 6.61 Å². The fraction of sp³-hybridized carbons (Fsp3) is 0.500. The van der Waals surface area contributed by atoms with E-state index < -0.39 is 11.6 Å². The van der Waals surface area contributed by atoms with E-state index in [0.29, 0.717) is 26.3 Å². The molecule has 0 atom stereocenters. The fourth-order valence-corrected chi connectivity index (χ4v) is 1.74. The van der Waals surface area contributed by atoms with Crippen molar-refractivity contribution in [2.75, 3.05) is 36.6 Å². The molecule has 1 aromatic heterocycles. The van der Waals surface area contributed by atoms with Crippen molar-refractivity contribution in [3.8, 4) is 0 Å². The lowest BCUT2D eigenvalue weighted by Crippen LogP contribution is -2.28. The van der Waals surface area contributed by atoms with Gasteiger partial charge in [-0.25, -0.2) is 19.6 Å². The number of ether oxygens (including phenoxy) is 1. The minimum atomic E-state index is -0.806. The first kappa shape index (κ1) is 12.0. The van der Waals surface area contributed by atoms with E-state index in [9.17, 15) is 8.78 Å². The van der Waals surface area contributed by atoms with Gasteiger partial charge in [-0.1, -0.05) is 0 Å². The van der Waals surface area contributed by atoms with Crippen molar-refractivity contribution in [2.45, 2.75) is 6.42 Å². The Hall–Kier alpha value is -1.47. The predicted molar refractivity (Wildman–Crippen MR) is 59.6 cm³/mol. The molecule has 0 unspecified atom stereocenters. The van der Waals surface area contributed by atoms with E-state index in [2.05, 4.69) is 10.4 Å². The van der Waals surface area contributed by atoms with Crippen molar-refractivity contribution < 1.29 is 13.5 Å². The monoisotopic (exact) mass is 244 g/mol. The lowest BCUT2D eigenvalue weighted by molar-refractivity contribution is 0.152. The smallest absolute Gasteiger partial charge is 0.178 e. The standard InChI is InChI=1S/C10H14F2N4O/c11-7-6-8(12)10(14-9(7)15-13)16-2-1-4-17-5-3-16/h6H,1-5,13H2,(H,14,15). The first-order valence-corrected chi connectivity index (χ1v) is 5.37. The number of rotatable bonds is 2. The maximum Gasteiger partial charge on any atom is 0.178 e. The summed E-state index contributed by atoms with van der Waals surface area (Å²) in [5.74, 6) is 3.56. The van der Waals surface area contributed by atoms with Crippen molar-refractivity contribution in [1.82, 2.24) is 4.98 Å². The number of halogens is 2. The second kappa shape index (κ2) is 5.24. The summed E-state index contributed by atoms with van der Waals surface area (Å²) in [6.07, 6.45) is 0.782. The summed E-state index contributed by atoms with van der Waals surface area (Å²) in [7, 11) is 0. The van der Waals surface area contributed by atoms with E-state index in [-0.39, 0.29) is 11.6 Å². The van der Waals surface area contributed by atoms with Gasteiger partial charge in [-0.15, -0.1) is 0 Å². The summed E-state index contributed by atoms with van der Waals surface area (Å²) >= 11 is 0. The maximum atomic E-state index is 13.6. The number of aromatic nitrogens is 1. The first-order chi connectivity index (χ1) is 8.22. The number of pyridine rings is 1. The van der Waals surface area contributed by atoms with Crippen LogP contribution in [0.25, 0.3) is 0 Å². The fourth-order valence-electron chi connectivity index (χ4n) is 1.74. The van der Waals surface area contributed by atoms with Crippen LogP contribution in [0.3, 0.4) is 0 Å². The van der Waals surface area contributed by atoms with Gasteiger partial charge in [-0.05, 0) is 6.42 Å². The van der Waals surface area contributed by atoms with E-state index in [1.54, 1.807) is 4.90 Å². The summed E-state index contributed by atoms with van der Waals surface area (Å²) < 4.78 is 32.1. The van der Waals surface area contributed by atoms with Crippen molar-refractivity contribution in [3.63, 3.8) is 0 Å². The predicted octanol–water partition coefficient (Wildman–Crippen LogP) is 0.872. The third-order valence-corrected chi connectivity index (χ3v) is 2.57. The van der Waals surface area contributed by atoms with Gasteiger partial charge in [0.15, 0.2) is 23.3 Å². The highest BCUT2D eigenvalue weighted by Crippen LogP contribution is 2.22. The summed E-state index contributed by atoms with van der Waals surface area (Å²) in [5, 5.41) is 0. The average Bonchev–Trinajstić information content (AvgIpc) is 2.58. The number of nitrogens with two attached hydrogens (primary N) is 1. The van der Waals surface area contributed by atoms with Crippen LogP contribution >= 0.6 is 0 Å². The molecule has 2 heterocycles. The van der Waals surface area contributed by atoms with Crippen LogP contribution in [0.1, 0.15) is 6.42 Å². The number of hydrogen-bond acceptors (Lipinski definition) is 5. The number of nitrogen functional groups attached to an aromatic ring is 1. The van der Waals surface area contributed by atoms with Gasteiger partial charge in [0.25, 0.3) is 0 Å². The molecule has 0 radical (unpaired) electrons. The van der Waals surface area contributed by atoms with Gasteiger partial charge in [-0.3, -0.25) is 0 Å². The lowest BCUT2D eigenvalue weighted by Gasteiger charge is -2.21. The van der Waals surface area contributed by atoms with Crippen molar-refractivity contribution in [2.24, 2.45) is 5.84 Å². The number of hydrazine groups is 1. The Bertz CT molecular complexity index is 394. The Balaban J connectivity index is 2.29. The van der Waals surface area contributed by atoms with Crippen LogP contribution < -0.4 is 16.2 Å². The van der Waals surface area contributed by atoms with E-state index in [4.69, 9.17) is 10.6 Å². The average molecular weight is 244 g/mol. The highest BCUT2D eigenvalue weighted by atomic mass is 19.1. The van der Waals surface area contributed by atoms with Gasteiger partial charge in [0.1, 0.15) is 0 Å². The third kappa shape index (κ3) is 2.62. The highest BCUT2D eigenvalue weighted by molar-refractivity contribution is 5.48. The largest absolute Gasteiger partial charge is 0.380 e. The molecule has 7 heteroatoms. The molecule has 94 valence electrons. The van der Waals surface area contributed by atoms with Crippen LogP contribution in [0.5, 0.6) is 0 Å². The van der Waals surface area contributed by atoms with Gasteiger partial charge in [0.2, 0.25) is 0 Å². The summed E-state index contributed by atoms with van der Waals surface area (Å²) in [6, 6.07) is 0.781. The molecule has 0 saturated carbocycles. The molecule has 0 spiro atoms. The summed E-state index contributed by atoms with van der Waals surface area (Å²) in [5.41, 5.74) is 2.11. The normalized spacial score (nSPS) is 16.8. The van der Waals surface area contributed by atoms with E-state index in [0.717, 1.165) is 12.5 Å². The van der Waals surface area contributed by atoms with Gasteiger partial charge < -0.3 is 15.1 Å². The van der Waals surface area contributed by atoms with Gasteiger partial charge >= 0.3 is 0 Å². The molecular weight excluding hydrogens is 230 g/mol. The molecule has 2 rings (SSSR count).